The van der Waals surface area contributed by atoms with Gasteiger partial charge in [-0.15, -0.1) is 0 Å². The molecule has 1 aromatic heterocycles. The van der Waals surface area contributed by atoms with Gasteiger partial charge in [-0.1, -0.05) is 41.5 Å². The van der Waals surface area contributed by atoms with Gasteiger partial charge in [0.25, 0.3) is 0 Å². The summed E-state index contributed by atoms with van der Waals surface area (Å²) in [5.41, 5.74) is 2.18. The molecule has 0 amide bonds. The van der Waals surface area contributed by atoms with Gasteiger partial charge in [-0.2, -0.15) is 0 Å². The Balaban J connectivity index is 2.86. The molecule has 0 saturated carbocycles. The van der Waals surface area contributed by atoms with Crippen LogP contribution in [0.15, 0.2) is 12.1 Å². The van der Waals surface area contributed by atoms with Gasteiger partial charge in [-0.05, 0) is 37.0 Å². The average Bonchev–Trinajstić information content (AvgIpc) is 2.67. The first-order valence-electron chi connectivity index (χ1n) is 7.65. The second-order valence-electron chi connectivity index (χ2n) is 8.22. The SMILES string of the molecule is CC(C)n1c(C(C)(C)C)nc2cc(C(C)(C)C)cc(F)c21. The quantitative estimate of drug-likeness (QED) is 0.692. The highest BCUT2D eigenvalue weighted by Crippen LogP contribution is 2.33. The number of rotatable bonds is 1. The standard InChI is InChI=1S/C18H27FN2/c1-11(2)21-15-13(19)9-12(17(3,4)5)10-14(15)20-16(21)18(6,7)8/h9-11H,1-8H3. The van der Waals surface area contributed by atoms with Gasteiger partial charge in [0.15, 0.2) is 0 Å². The van der Waals surface area contributed by atoms with Gasteiger partial charge in [0.05, 0.1) is 5.52 Å². The molecule has 116 valence electrons. The zero-order valence-electron chi connectivity index (χ0n) is 14.5. The minimum Gasteiger partial charge on any atom is -0.323 e. The van der Waals surface area contributed by atoms with Crippen LogP contribution in [0.5, 0.6) is 0 Å². The maximum absolute atomic E-state index is 14.7. The van der Waals surface area contributed by atoms with Crippen molar-refractivity contribution in [3.63, 3.8) is 0 Å². The van der Waals surface area contributed by atoms with Crippen molar-refractivity contribution in [3.05, 3.63) is 29.3 Å². The number of hydrogen-bond acceptors (Lipinski definition) is 1. The lowest BCUT2D eigenvalue weighted by atomic mass is 9.87. The van der Waals surface area contributed by atoms with E-state index < -0.39 is 0 Å². The molecular formula is C18H27FN2. The van der Waals surface area contributed by atoms with Crippen molar-refractivity contribution in [2.45, 2.75) is 72.3 Å². The highest BCUT2D eigenvalue weighted by atomic mass is 19.1. The van der Waals surface area contributed by atoms with Crippen molar-refractivity contribution in [1.29, 1.82) is 0 Å². The Bertz CT molecular complexity index is 667. The van der Waals surface area contributed by atoms with E-state index in [9.17, 15) is 4.39 Å². The summed E-state index contributed by atoms with van der Waals surface area (Å²) in [5, 5.41) is 0. The Kier molecular flexibility index (Phi) is 3.67. The molecule has 2 nitrogen and oxygen atoms in total. The molecule has 0 atom stereocenters. The van der Waals surface area contributed by atoms with Crippen LogP contribution in [-0.4, -0.2) is 9.55 Å². The Hall–Kier alpha value is -1.38. The van der Waals surface area contributed by atoms with Crippen LogP contribution in [0.3, 0.4) is 0 Å². The summed E-state index contributed by atoms with van der Waals surface area (Å²) in [6, 6.07) is 3.88. The summed E-state index contributed by atoms with van der Waals surface area (Å²) in [7, 11) is 0. The van der Waals surface area contributed by atoms with Crippen molar-refractivity contribution in [2.75, 3.05) is 0 Å². The minimum atomic E-state index is -0.172. The molecule has 0 N–H and O–H groups in total. The molecule has 0 aliphatic rings. The zero-order chi connectivity index (χ0) is 16.2. The number of benzene rings is 1. The van der Waals surface area contributed by atoms with Crippen molar-refractivity contribution in [2.24, 2.45) is 0 Å². The van der Waals surface area contributed by atoms with Crippen molar-refractivity contribution >= 4 is 11.0 Å². The fourth-order valence-electron chi connectivity index (χ4n) is 2.65. The lowest BCUT2D eigenvalue weighted by Crippen LogP contribution is -2.20. The van der Waals surface area contributed by atoms with Crippen LogP contribution in [-0.2, 0) is 10.8 Å². The Morgan fingerprint density at radius 3 is 2.00 bits per heavy atom. The third-order valence-corrected chi connectivity index (χ3v) is 3.79. The Labute approximate surface area is 127 Å². The van der Waals surface area contributed by atoms with Crippen molar-refractivity contribution < 1.29 is 4.39 Å². The van der Waals surface area contributed by atoms with Crippen LogP contribution in [0.25, 0.3) is 11.0 Å². The maximum atomic E-state index is 14.7. The van der Waals surface area contributed by atoms with Crippen molar-refractivity contribution in [3.8, 4) is 0 Å². The highest BCUT2D eigenvalue weighted by molar-refractivity contribution is 5.78. The van der Waals surface area contributed by atoms with Gasteiger partial charge in [0.2, 0.25) is 0 Å². The van der Waals surface area contributed by atoms with E-state index in [0.717, 1.165) is 16.9 Å². The van der Waals surface area contributed by atoms with E-state index in [0.29, 0.717) is 5.52 Å². The first-order valence-corrected chi connectivity index (χ1v) is 7.65. The van der Waals surface area contributed by atoms with Crippen LogP contribution < -0.4 is 0 Å². The molecule has 1 heterocycles. The molecule has 0 fully saturated rings. The lowest BCUT2D eigenvalue weighted by molar-refractivity contribution is 0.473. The third kappa shape index (κ3) is 2.83. The van der Waals surface area contributed by atoms with Crippen LogP contribution in [0.1, 0.15) is 72.8 Å². The summed E-state index contributed by atoms with van der Waals surface area (Å²) in [5.74, 6) is 0.770. The van der Waals surface area contributed by atoms with Crippen LogP contribution in [0.4, 0.5) is 4.39 Å². The maximum Gasteiger partial charge on any atom is 0.149 e. The summed E-state index contributed by atoms with van der Waals surface area (Å²) < 4.78 is 16.8. The average molecular weight is 290 g/mol. The molecule has 21 heavy (non-hydrogen) atoms. The first kappa shape index (κ1) is 16.0. The molecule has 3 heteroatoms. The number of nitrogens with zero attached hydrogens (tertiary/aromatic N) is 2. The number of hydrogen-bond donors (Lipinski definition) is 0. The van der Waals surface area contributed by atoms with Gasteiger partial charge >= 0.3 is 0 Å². The molecule has 1 aromatic carbocycles. The molecule has 2 rings (SSSR count). The second kappa shape index (κ2) is 4.82. The van der Waals surface area contributed by atoms with Crippen LogP contribution >= 0.6 is 0 Å². The van der Waals surface area contributed by atoms with E-state index >= 15 is 0 Å². The molecule has 0 bridgehead atoms. The minimum absolute atomic E-state index is 0.0848. The third-order valence-electron chi connectivity index (χ3n) is 3.79. The van der Waals surface area contributed by atoms with Gasteiger partial charge in [-0.25, -0.2) is 9.37 Å². The molecule has 0 unspecified atom stereocenters. The smallest absolute Gasteiger partial charge is 0.149 e. The summed E-state index contributed by atoms with van der Waals surface area (Å²) >= 11 is 0. The number of halogens is 1. The fraction of sp³-hybridized carbons (Fsp3) is 0.611. The molecule has 0 spiro atoms. The van der Waals surface area contributed by atoms with E-state index in [1.165, 1.54) is 0 Å². The number of imidazole rings is 1. The normalized spacial score (nSPS) is 13.4. The van der Waals surface area contributed by atoms with Crippen LogP contribution in [0.2, 0.25) is 0 Å². The monoisotopic (exact) mass is 290 g/mol. The predicted molar refractivity (Wildman–Crippen MR) is 87.5 cm³/mol. The molecule has 0 aliphatic carbocycles. The predicted octanol–water partition coefficient (Wildman–Crippen LogP) is 5.35. The van der Waals surface area contributed by atoms with E-state index in [1.807, 2.05) is 10.6 Å². The zero-order valence-corrected chi connectivity index (χ0v) is 14.5. The second-order valence-corrected chi connectivity index (χ2v) is 8.22. The van der Waals surface area contributed by atoms with Crippen LogP contribution in [0, 0.1) is 5.82 Å². The molecule has 0 aliphatic heterocycles. The molecule has 0 saturated heterocycles. The largest absolute Gasteiger partial charge is 0.323 e. The lowest BCUT2D eigenvalue weighted by Gasteiger charge is -2.23. The number of fused-ring (bicyclic) bond motifs is 1. The van der Waals surface area contributed by atoms with E-state index in [1.54, 1.807) is 6.07 Å². The highest BCUT2D eigenvalue weighted by Gasteiger charge is 2.27. The molecular weight excluding hydrogens is 263 g/mol. The first-order chi connectivity index (χ1) is 9.43. The summed E-state index contributed by atoms with van der Waals surface area (Å²) in [6.07, 6.45) is 0. The van der Waals surface area contributed by atoms with Gasteiger partial charge in [0.1, 0.15) is 17.2 Å². The molecule has 0 radical (unpaired) electrons. The topological polar surface area (TPSA) is 17.8 Å². The van der Waals surface area contributed by atoms with Crippen molar-refractivity contribution in [1.82, 2.24) is 9.55 Å². The number of aromatic nitrogens is 2. The molecule has 2 aromatic rings. The van der Waals surface area contributed by atoms with E-state index in [4.69, 9.17) is 4.98 Å². The fourth-order valence-corrected chi connectivity index (χ4v) is 2.65. The van der Waals surface area contributed by atoms with Gasteiger partial charge in [0, 0.05) is 11.5 Å². The van der Waals surface area contributed by atoms with Gasteiger partial charge in [-0.3, -0.25) is 0 Å². The summed E-state index contributed by atoms with van der Waals surface area (Å²) in [6.45, 7) is 16.8. The summed E-state index contributed by atoms with van der Waals surface area (Å²) in [4.78, 5) is 4.76. The van der Waals surface area contributed by atoms with E-state index in [2.05, 4.69) is 55.4 Å². The Morgan fingerprint density at radius 2 is 1.57 bits per heavy atom. The Morgan fingerprint density at radius 1 is 1.00 bits per heavy atom. The van der Waals surface area contributed by atoms with Gasteiger partial charge < -0.3 is 4.57 Å². The van der Waals surface area contributed by atoms with E-state index in [-0.39, 0.29) is 22.7 Å².